The van der Waals surface area contributed by atoms with Gasteiger partial charge in [0.1, 0.15) is 12.3 Å². The quantitative estimate of drug-likeness (QED) is 0.592. The van der Waals surface area contributed by atoms with Crippen molar-refractivity contribution in [2.75, 3.05) is 13.1 Å². The van der Waals surface area contributed by atoms with E-state index >= 15 is 0 Å². The monoisotopic (exact) mass is 293 g/mol. The van der Waals surface area contributed by atoms with Gasteiger partial charge in [0.2, 0.25) is 5.91 Å². The Kier molecular flexibility index (Phi) is 4.36. The molecule has 1 fully saturated rings. The maximum Gasteiger partial charge on any atom is 0.334 e. The summed E-state index contributed by atoms with van der Waals surface area (Å²) >= 11 is 0. The topological polar surface area (TPSA) is 99.9 Å². The van der Waals surface area contributed by atoms with Crippen molar-refractivity contribution in [1.82, 2.24) is 15.1 Å². The molecular weight excluding hydrogens is 278 g/mol. The molecule has 1 aliphatic heterocycles. The van der Waals surface area contributed by atoms with Crippen molar-refractivity contribution < 1.29 is 23.6 Å². The molecule has 1 aromatic heterocycles. The maximum absolute atomic E-state index is 11.9. The van der Waals surface area contributed by atoms with E-state index in [-0.39, 0.29) is 13.1 Å². The zero-order valence-electron chi connectivity index (χ0n) is 11.5. The Morgan fingerprint density at radius 1 is 1.24 bits per heavy atom. The fourth-order valence-corrected chi connectivity index (χ4v) is 1.91. The largest absolute Gasteiger partial charge is 0.467 e. The second-order valence-corrected chi connectivity index (χ2v) is 4.49. The zero-order valence-corrected chi connectivity index (χ0v) is 11.5. The van der Waals surface area contributed by atoms with E-state index in [0.29, 0.717) is 17.1 Å². The van der Waals surface area contributed by atoms with Gasteiger partial charge in [0.05, 0.1) is 12.8 Å². The van der Waals surface area contributed by atoms with Gasteiger partial charge in [0.25, 0.3) is 0 Å². The third-order valence-electron chi connectivity index (χ3n) is 2.92. The molecule has 2 heterocycles. The Hall–Kier alpha value is -2.64. The number of urea groups is 1. The average Bonchev–Trinajstić information content (AvgIpc) is 3.04. The van der Waals surface area contributed by atoms with E-state index < -0.39 is 30.3 Å². The summed E-state index contributed by atoms with van der Waals surface area (Å²) in [6.45, 7) is 1.61. The molecule has 0 aliphatic carbocycles. The standard InChI is InChI=1S/C13H15N3O5/c1-2-5-15-11(18)12(19)16(13(15)20)8-10(17)14-7-9-4-3-6-21-9/h3-4,6H,2,5,7-8H2,1H3,(H,14,17). The molecule has 0 radical (unpaired) electrons. The molecule has 0 spiro atoms. The normalized spacial score (nSPS) is 15.0. The van der Waals surface area contributed by atoms with E-state index in [1.54, 1.807) is 19.1 Å². The molecule has 1 saturated heterocycles. The first kappa shape index (κ1) is 14.8. The molecule has 21 heavy (non-hydrogen) atoms. The average molecular weight is 293 g/mol. The minimum Gasteiger partial charge on any atom is -0.467 e. The lowest BCUT2D eigenvalue weighted by Crippen LogP contribution is -2.41. The molecule has 8 nitrogen and oxygen atoms in total. The SMILES string of the molecule is CCCN1C(=O)C(=O)N(CC(=O)NCc2ccco2)C1=O. The van der Waals surface area contributed by atoms with Crippen LogP contribution in [0.1, 0.15) is 19.1 Å². The number of amides is 5. The van der Waals surface area contributed by atoms with Gasteiger partial charge >= 0.3 is 17.8 Å². The minimum atomic E-state index is -0.971. The number of hydrogen-bond donors (Lipinski definition) is 1. The molecule has 2 rings (SSSR count). The Labute approximate surface area is 120 Å². The first-order valence-electron chi connectivity index (χ1n) is 6.51. The predicted molar refractivity (Wildman–Crippen MR) is 69.7 cm³/mol. The Morgan fingerprint density at radius 2 is 1.95 bits per heavy atom. The van der Waals surface area contributed by atoms with E-state index in [9.17, 15) is 19.2 Å². The second-order valence-electron chi connectivity index (χ2n) is 4.49. The highest BCUT2D eigenvalue weighted by Crippen LogP contribution is 2.12. The van der Waals surface area contributed by atoms with Crippen LogP contribution < -0.4 is 5.32 Å². The summed E-state index contributed by atoms with van der Waals surface area (Å²) in [5.74, 6) is -1.85. The van der Waals surface area contributed by atoms with E-state index in [2.05, 4.69) is 5.32 Å². The van der Waals surface area contributed by atoms with Crippen molar-refractivity contribution in [3.05, 3.63) is 24.2 Å². The maximum atomic E-state index is 11.9. The summed E-state index contributed by atoms with van der Waals surface area (Å²) in [6, 6.07) is 2.61. The first-order valence-corrected chi connectivity index (χ1v) is 6.51. The molecule has 0 aromatic carbocycles. The Morgan fingerprint density at radius 3 is 2.57 bits per heavy atom. The smallest absolute Gasteiger partial charge is 0.334 e. The molecule has 5 amide bonds. The molecule has 1 aromatic rings. The minimum absolute atomic E-state index is 0.147. The van der Waals surface area contributed by atoms with Crippen molar-refractivity contribution in [3.8, 4) is 0 Å². The van der Waals surface area contributed by atoms with Crippen LogP contribution >= 0.6 is 0 Å². The van der Waals surface area contributed by atoms with Crippen molar-refractivity contribution in [2.45, 2.75) is 19.9 Å². The summed E-state index contributed by atoms with van der Waals surface area (Å²) in [6.07, 6.45) is 2.01. The predicted octanol–water partition coefficient (Wildman–Crippen LogP) is 0.0966. The lowest BCUT2D eigenvalue weighted by Gasteiger charge is -2.14. The number of nitrogens with zero attached hydrogens (tertiary/aromatic N) is 2. The molecule has 0 bridgehead atoms. The summed E-state index contributed by atoms with van der Waals surface area (Å²) < 4.78 is 5.04. The van der Waals surface area contributed by atoms with Gasteiger partial charge in [-0.2, -0.15) is 0 Å². The lowest BCUT2D eigenvalue weighted by atomic mass is 10.4. The summed E-state index contributed by atoms with van der Waals surface area (Å²) in [7, 11) is 0. The van der Waals surface area contributed by atoms with Crippen molar-refractivity contribution in [2.24, 2.45) is 0 Å². The number of nitrogens with one attached hydrogen (secondary N) is 1. The third-order valence-corrected chi connectivity index (χ3v) is 2.92. The van der Waals surface area contributed by atoms with Crippen molar-refractivity contribution >= 4 is 23.8 Å². The highest BCUT2D eigenvalue weighted by molar-refractivity contribution is 6.45. The van der Waals surface area contributed by atoms with Gasteiger partial charge in [-0.25, -0.2) is 9.69 Å². The number of rotatable bonds is 6. The first-order chi connectivity index (χ1) is 10.0. The lowest BCUT2D eigenvalue weighted by molar-refractivity contribution is -0.144. The Balaban J connectivity index is 1.92. The van der Waals surface area contributed by atoms with Gasteiger partial charge in [0.15, 0.2) is 0 Å². The van der Waals surface area contributed by atoms with Crippen molar-refractivity contribution in [1.29, 1.82) is 0 Å². The number of carbonyl (C=O) groups is 4. The fourth-order valence-electron chi connectivity index (χ4n) is 1.91. The van der Waals surface area contributed by atoms with Crippen LogP contribution in [0.3, 0.4) is 0 Å². The fraction of sp³-hybridized carbons (Fsp3) is 0.385. The van der Waals surface area contributed by atoms with Crippen LogP contribution in [-0.4, -0.2) is 46.6 Å². The third kappa shape index (κ3) is 3.10. The molecule has 1 N–H and O–H groups in total. The van der Waals surface area contributed by atoms with E-state index in [0.717, 1.165) is 4.90 Å². The van der Waals surface area contributed by atoms with Gasteiger partial charge in [-0.05, 0) is 18.6 Å². The van der Waals surface area contributed by atoms with Gasteiger partial charge in [-0.1, -0.05) is 6.92 Å². The summed E-state index contributed by atoms with van der Waals surface area (Å²) in [5, 5.41) is 2.51. The second kappa shape index (κ2) is 6.21. The molecule has 112 valence electrons. The van der Waals surface area contributed by atoms with Crippen LogP contribution in [0, 0.1) is 0 Å². The Bertz CT molecular complexity index is 566. The van der Waals surface area contributed by atoms with E-state index in [4.69, 9.17) is 4.42 Å². The van der Waals surface area contributed by atoms with Crippen LogP contribution in [0.5, 0.6) is 0 Å². The number of imide groups is 2. The van der Waals surface area contributed by atoms with Gasteiger partial charge in [-0.15, -0.1) is 0 Å². The van der Waals surface area contributed by atoms with Crippen LogP contribution in [-0.2, 0) is 20.9 Å². The number of carbonyl (C=O) groups excluding carboxylic acids is 4. The molecule has 0 atom stereocenters. The van der Waals surface area contributed by atoms with Crippen LogP contribution in [0.15, 0.2) is 22.8 Å². The zero-order chi connectivity index (χ0) is 15.4. The van der Waals surface area contributed by atoms with Gasteiger partial charge in [-0.3, -0.25) is 19.3 Å². The number of furan rings is 1. The molecule has 8 heteroatoms. The van der Waals surface area contributed by atoms with Crippen LogP contribution in [0.25, 0.3) is 0 Å². The van der Waals surface area contributed by atoms with Crippen LogP contribution in [0.4, 0.5) is 4.79 Å². The van der Waals surface area contributed by atoms with E-state index in [1.165, 1.54) is 6.26 Å². The molecular formula is C13H15N3O5. The number of hydrogen-bond acceptors (Lipinski definition) is 5. The van der Waals surface area contributed by atoms with Crippen molar-refractivity contribution in [3.63, 3.8) is 0 Å². The molecule has 0 saturated carbocycles. The highest BCUT2D eigenvalue weighted by atomic mass is 16.3. The molecule has 0 unspecified atom stereocenters. The van der Waals surface area contributed by atoms with Gasteiger partial charge < -0.3 is 9.73 Å². The molecule has 1 aliphatic rings. The highest BCUT2D eigenvalue weighted by Gasteiger charge is 2.44. The van der Waals surface area contributed by atoms with E-state index in [1.807, 2.05) is 0 Å². The van der Waals surface area contributed by atoms with Gasteiger partial charge in [0, 0.05) is 6.54 Å². The van der Waals surface area contributed by atoms with Crippen LogP contribution in [0.2, 0.25) is 0 Å². The summed E-state index contributed by atoms with van der Waals surface area (Å²) in [4.78, 5) is 48.4. The summed E-state index contributed by atoms with van der Waals surface area (Å²) in [5.41, 5.74) is 0.